The number of rotatable bonds is 5. The average Bonchev–Trinajstić information content (AvgIpc) is 2.84. The molecule has 0 bridgehead atoms. The number of quaternary nitrogens is 1. The number of hydrogen-bond acceptors (Lipinski definition) is 6. The summed E-state index contributed by atoms with van der Waals surface area (Å²) >= 11 is 3.39. The number of nitrogens with zero attached hydrogens (tertiary/aromatic N) is 2. The minimum absolute atomic E-state index is 0.201. The summed E-state index contributed by atoms with van der Waals surface area (Å²) in [6.07, 6.45) is 3.83. The van der Waals surface area contributed by atoms with Crippen LogP contribution in [0.15, 0.2) is 5.16 Å². The predicted octanol–water partition coefficient (Wildman–Crippen LogP) is 0.778. The van der Waals surface area contributed by atoms with Gasteiger partial charge in [0, 0.05) is 19.6 Å². The minimum atomic E-state index is 0.201. The summed E-state index contributed by atoms with van der Waals surface area (Å²) in [6.45, 7) is 3.19. The second-order valence-corrected chi connectivity index (χ2v) is 7.24. The average molecular weight is 325 g/mol. The van der Waals surface area contributed by atoms with Crippen LogP contribution in [-0.2, 0) is 13.0 Å². The fourth-order valence-corrected chi connectivity index (χ4v) is 4.45. The maximum absolute atomic E-state index is 8.96. The van der Waals surface area contributed by atoms with E-state index in [4.69, 9.17) is 5.11 Å². The van der Waals surface area contributed by atoms with E-state index in [2.05, 4.69) is 22.3 Å². The monoisotopic (exact) mass is 325 g/mol. The summed E-state index contributed by atoms with van der Waals surface area (Å²) in [7, 11) is 2.24. The van der Waals surface area contributed by atoms with Gasteiger partial charge in [-0.05, 0) is 18.2 Å². The minimum Gasteiger partial charge on any atom is -0.396 e. The van der Waals surface area contributed by atoms with E-state index in [0.717, 1.165) is 41.7 Å². The molecule has 1 atom stereocenters. The van der Waals surface area contributed by atoms with Crippen LogP contribution in [-0.4, -0.2) is 48.1 Å². The Hall–Kier alpha value is -0.890. The SMILES string of the molecule is CSc1nc(NCCCO)c2c3c(sc2n1)C[NH+](C)CC3. The molecule has 0 fully saturated rings. The molecule has 1 aliphatic heterocycles. The van der Waals surface area contributed by atoms with Gasteiger partial charge >= 0.3 is 0 Å². The van der Waals surface area contributed by atoms with Crippen LogP contribution in [0.4, 0.5) is 5.82 Å². The first-order valence-electron chi connectivity index (χ1n) is 7.25. The smallest absolute Gasteiger partial charge is 0.190 e. The van der Waals surface area contributed by atoms with Gasteiger partial charge in [0.25, 0.3) is 0 Å². The Labute approximate surface area is 132 Å². The first-order valence-corrected chi connectivity index (χ1v) is 9.29. The predicted molar refractivity (Wildman–Crippen MR) is 88.6 cm³/mol. The Morgan fingerprint density at radius 3 is 3.05 bits per heavy atom. The molecule has 0 saturated carbocycles. The standard InChI is InChI=1S/C14H20N4OS2/c1-18-6-4-9-10(8-18)21-13-11(9)12(15-5-3-7-19)16-14(17-13)20-2/h19H,3-8H2,1-2H3,(H,15,16,17)/p+1. The molecule has 5 nitrogen and oxygen atoms in total. The van der Waals surface area contributed by atoms with Gasteiger partial charge in [0.1, 0.15) is 17.2 Å². The van der Waals surface area contributed by atoms with Gasteiger partial charge in [-0.25, -0.2) is 9.97 Å². The van der Waals surface area contributed by atoms with Crippen LogP contribution in [0, 0.1) is 0 Å². The Bertz CT molecular complexity index is 643. The number of thiophene rings is 1. The maximum atomic E-state index is 8.96. The van der Waals surface area contributed by atoms with Crippen LogP contribution in [0.25, 0.3) is 10.2 Å². The van der Waals surface area contributed by atoms with Gasteiger partial charge in [0.05, 0.1) is 23.9 Å². The molecule has 0 aliphatic carbocycles. The highest BCUT2D eigenvalue weighted by atomic mass is 32.2. The molecule has 0 amide bonds. The summed E-state index contributed by atoms with van der Waals surface area (Å²) in [5.41, 5.74) is 1.43. The molecule has 21 heavy (non-hydrogen) atoms. The second kappa shape index (κ2) is 6.48. The summed E-state index contributed by atoms with van der Waals surface area (Å²) in [5, 5.41) is 14.4. The summed E-state index contributed by atoms with van der Waals surface area (Å²) in [4.78, 5) is 13.4. The van der Waals surface area contributed by atoms with Crippen molar-refractivity contribution in [3.8, 4) is 0 Å². The van der Waals surface area contributed by atoms with Gasteiger partial charge in [-0.1, -0.05) is 11.8 Å². The number of thioether (sulfide) groups is 1. The molecule has 1 aliphatic rings. The van der Waals surface area contributed by atoms with Gasteiger partial charge < -0.3 is 15.3 Å². The highest BCUT2D eigenvalue weighted by Gasteiger charge is 2.24. The van der Waals surface area contributed by atoms with Crippen molar-refractivity contribution in [3.63, 3.8) is 0 Å². The lowest BCUT2D eigenvalue weighted by Gasteiger charge is -2.19. The number of hydrogen-bond donors (Lipinski definition) is 3. The molecule has 3 N–H and O–H groups in total. The maximum Gasteiger partial charge on any atom is 0.190 e. The largest absolute Gasteiger partial charge is 0.396 e. The van der Waals surface area contributed by atoms with E-state index in [0.29, 0.717) is 0 Å². The van der Waals surface area contributed by atoms with Crippen LogP contribution in [0.3, 0.4) is 0 Å². The number of anilines is 1. The van der Waals surface area contributed by atoms with Crippen LogP contribution in [0.2, 0.25) is 0 Å². The van der Waals surface area contributed by atoms with Crippen molar-refractivity contribution in [2.24, 2.45) is 0 Å². The van der Waals surface area contributed by atoms with E-state index in [-0.39, 0.29) is 6.61 Å². The van der Waals surface area contributed by atoms with Crippen LogP contribution in [0.5, 0.6) is 0 Å². The molecular formula is C14H21N4OS2+. The zero-order valence-corrected chi connectivity index (χ0v) is 14.0. The third kappa shape index (κ3) is 3.01. The molecule has 1 unspecified atom stereocenters. The van der Waals surface area contributed by atoms with E-state index in [1.54, 1.807) is 16.7 Å². The fourth-order valence-electron chi connectivity index (χ4n) is 2.70. The number of likely N-dealkylation sites (N-methyl/N-ethyl adjacent to an activating group) is 1. The Morgan fingerprint density at radius 1 is 1.43 bits per heavy atom. The van der Waals surface area contributed by atoms with E-state index in [9.17, 15) is 0 Å². The summed E-state index contributed by atoms with van der Waals surface area (Å²) < 4.78 is 0. The van der Waals surface area contributed by atoms with Gasteiger partial charge in [-0.2, -0.15) is 0 Å². The van der Waals surface area contributed by atoms with Crippen molar-refractivity contribution in [1.29, 1.82) is 0 Å². The normalized spacial score (nSPS) is 18.0. The van der Waals surface area contributed by atoms with Crippen molar-refractivity contribution >= 4 is 39.1 Å². The van der Waals surface area contributed by atoms with E-state index in [1.165, 1.54) is 22.4 Å². The molecular weight excluding hydrogens is 304 g/mol. The van der Waals surface area contributed by atoms with Crippen molar-refractivity contribution < 1.29 is 10.0 Å². The molecule has 7 heteroatoms. The number of aliphatic hydroxyl groups excluding tert-OH is 1. The van der Waals surface area contributed by atoms with Crippen molar-refractivity contribution in [1.82, 2.24) is 9.97 Å². The highest BCUT2D eigenvalue weighted by Crippen LogP contribution is 2.36. The number of aromatic nitrogens is 2. The molecule has 3 heterocycles. The Kier molecular flexibility index (Phi) is 4.63. The molecule has 0 aromatic carbocycles. The molecule has 3 rings (SSSR count). The Morgan fingerprint density at radius 2 is 2.29 bits per heavy atom. The summed E-state index contributed by atoms with van der Waals surface area (Å²) in [6, 6.07) is 0. The van der Waals surface area contributed by atoms with Gasteiger partial charge in [-0.15, -0.1) is 11.3 Å². The molecule has 0 radical (unpaired) electrons. The second-order valence-electron chi connectivity index (χ2n) is 5.38. The quantitative estimate of drug-likeness (QED) is 0.431. The van der Waals surface area contributed by atoms with E-state index < -0.39 is 0 Å². The summed E-state index contributed by atoms with van der Waals surface area (Å²) in [5.74, 6) is 0.940. The lowest BCUT2D eigenvalue weighted by molar-refractivity contribution is -0.895. The first-order chi connectivity index (χ1) is 10.2. The molecule has 114 valence electrons. The van der Waals surface area contributed by atoms with Gasteiger partial charge in [-0.3, -0.25) is 0 Å². The number of aliphatic hydroxyl groups is 1. The number of fused-ring (bicyclic) bond motifs is 3. The molecule has 2 aromatic rings. The number of nitrogens with one attached hydrogen (secondary N) is 2. The lowest BCUT2D eigenvalue weighted by atomic mass is 10.1. The topological polar surface area (TPSA) is 62.5 Å². The van der Waals surface area contributed by atoms with Crippen molar-refractivity contribution in [3.05, 3.63) is 10.4 Å². The molecule has 0 saturated heterocycles. The first kappa shape index (κ1) is 15.0. The lowest BCUT2D eigenvalue weighted by Crippen LogP contribution is -3.08. The molecule has 2 aromatic heterocycles. The Balaban J connectivity index is 2.05. The van der Waals surface area contributed by atoms with E-state index >= 15 is 0 Å². The van der Waals surface area contributed by atoms with E-state index in [1.807, 2.05) is 17.6 Å². The van der Waals surface area contributed by atoms with Crippen LogP contribution in [0.1, 0.15) is 16.9 Å². The third-order valence-electron chi connectivity index (χ3n) is 3.79. The van der Waals surface area contributed by atoms with Gasteiger partial charge in [0.2, 0.25) is 0 Å². The molecule has 0 spiro atoms. The van der Waals surface area contributed by atoms with Crippen LogP contribution >= 0.6 is 23.1 Å². The highest BCUT2D eigenvalue weighted by molar-refractivity contribution is 7.98. The van der Waals surface area contributed by atoms with Gasteiger partial charge in [0.15, 0.2) is 5.16 Å². The van der Waals surface area contributed by atoms with Crippen molar-refractivity contribution in [2.75, 3.05) is 38.3 Å². The zero-order valence-electron chi connectivity index (χ0n) is 12.4. The zero-order chi connectivity index (χ0) is 14.8. The third-order valence-corrected chi connectivity index (χ3v) is 5.46. The van der Waals surface area contributed by atoms with Crippen LogP contribution < -0.4 is 10.2 Å². The fraction of sp³-hybridized carbons (Fsp3) is 0.571. The van der Waals surface area contributed by atoms with Crippen molar-refractivity contribution in [2.45, 2.75) is 24.5 Å².